The van der Waals surface area contributed by atoms with Crippen LogP contribution >= 0.6 is 0 Å². The maximum absolute atomic E-state index is 13.2. The van der Waals surface area contributed by atoms with Crippen LogP contribution < -0.4 is 5.32 Å². The van der Waals surface area contributed by atoms with Crippen LogP contribution in [-0.2, 0) is 19.1 Å². The minimum Gasteiger partial charge on any atom is -0.481 e. The van der Waals surface area contributed by atoms with E-state index in [2.05, 4.69) is 17.4 Å². The third kappa shape index (κ3) is 5.17. The lowest BCUT2D eigenvalue weighted by Crippen LogP contribution is -2.48. The highest BCUT2D eigenvalue weighted by Gasteiger charge is 2.41. The molecule has 0 radical (unpaired) electrons. The SMILES string of the molecule is CCCCC(NC(=O)OCC1c2ccccc2-c2ccccc21)C(=O)N1CC(OC)C(C(=O)O)C1. The molecule has 3 atom stereocenters. The molecule has 35 heavy (non-hydrogen) atoms. The van der Waals surface area contributed by atoms with Crippen molar-refractivity contribution in [3.05, 3.63) is 59.7 Å². The van der Waals surface area contributed by atoms with Gasteiger partial charge in [-0.15, -0.1) is 0 Å². The zero-order chi connectivity index (χ0) is 24.9. The standard InChI is InChI=1S/C27H32N2O6/c1-3-4-13-23(25(30)29-14-21(26(31)32)24(15-29)34-2)28-27(33)35-16-22-19-11-7-5-9-17(19)18-10-6-8-12-20(18)22/h5-12,21-24H,3-4,13-16H2,1-2H3,(H,28,33)(H,31,32). The molecule has 1 fully saturated rings. The summed E-state index contributed by atoms with van der Waals surface area (Å²) in [6, 6.07) is 15.4. The van der Waals surface area contributed by atoms with E-state index in [1.807, 2.05) is 43.3 Å². The van der Waals surface area contributed by atoms with Crippen LogP contribution in [0.1, 0.15) is 43.2 Å². The summed E-state index contributed by atoms with van der Waals surface area (Å²) >= 11 is 0. The molecule has 8 nitrogen and oxygen atoms in total. The number of methoxy groups -OCH3 is 1. The van der Waals surface area contributed by atoms with Crippen LogP contribution in [-0.4, -0.2) is 66.9 Å². The Hall–Kier alpha value is -3.39. The third-order valence-electron chi connectivity index (χ3n) is 6.98. The second kappa shape index (κ2) is 10.9. The van der Waals surface area contributed by atoms with Gasteiger partial charge in [0.25, 0.3) is 0 Å². The van der Waals surface area contributed by atoms with E-state index in [4.69, 9.17) is 9.47 Å². The Balaban J connectivity index is 1.41. The maximum Gasteiger partial charge on any atom is 0.407 e. The minimum absolute atomic E-state index is 0.0572. The van der Waals surface area contributed by atoms with Crippen molar-refractivity contribution in [1.29, 1.82) is 0 Å². The van der Waals surface area contributed by atoms with Crippen LogP contribution in [0.3, 0.4) is 0 Å². The Morgan fingerprint density at radius 2 is 1.69 bits per heavy atom. The zero-order valence-corrected chi connectivity index (χ0v) is 20.1. The molecule has 0 saturated carbocycles. The van der Waals surface area contributed by atoms with Crippen molar-refractivity contribution in [2.24, 2.45) is 5.92 Å². The zero-order valence-electron chi connectivity index (χ0n) is 20.1. The summed E-state index contributed by atoms with van der Waals surface area (Å²) < 4.78 is 10.9. The topological polar surface area (TPSA) is 105 Å². The molecule has 3 unspecified atom stereocenters. The summed E-state index contributed by atoms with van der Waals surface area (Å²) in [5, 5.41) is 12.2. The smallest absolute Gasteiger partial charge is 0.407 e. The molecular weight excluding hydrogens is 448 g/mol. The van der Waals surface area contributed by atoms with E-state index in [0.29, 0.717) is 6.42 Å². The summed E-state index contributed by atoms with van der Waals surface area (Å²) in [5.74, 6) is -2.17. The molecule has 1 heterocycles. The number of carbonyl (C=O) groups excluding carboxylic acids is 2. The molecule has 2 N–H and O–H groups in total. The van der Waals surface area contributed by atoms with Gasteiger partial charge in [0.05, 0.1) is 6.10 Å². The first-order valence-electron chi connectivity index (χ1n) is 12.1. The van der Waals surface area contributed by atoms with Gasteiger partial charge in [0, 0.05) is 26.1 Å². The Bertz CT molecular complexity index is 1040. The molecule has 2 aromatic rings. The predicted octanol–water partition coefficient (Wildman–Crippen LogP) is 3.64. The molecular formula is C27H32N2O6. The average Bonchev–Trinajstić information content (AvgIpc) is 3.45. The quantitative estimate of drug-likeness (QED) is 0.568. The van der Waals surface area contributed by atoms with Gasteiger partial charge < -0.3 is 24.8 Å². The first-order valence-corrected chi connectivity index (χ1v) is 12.1. The van der Waals surface area contributed by atoms with Crippen LogP contribution in [0.4, 0.5) is 4.79 Å². The highest BCUT2D eigenvalue weighted by atomic mass is 16.5. The van der Waals surface area contributed by atoms with Crippen LogP contribution in [0.25, 0.3) is 11.1 Å². The first-order chi connectivity index (χ1) is 16.9. The average molecular weight is 481 g/mol. The molecule has 2 aromatic carbocycles. The number of benzene rings is 2. The van der Waals surface area contributed by atoms with Gasteiger partial charge in [0.2, 0.25) is 5.91 Å². The van der Waals surface area contributed by atoms with Gasteiger partial charge >= 0.3 is 12.1 Å². The van der Waals surface area contributed by atoms with Crippen molar-refractivity contribution in [2.45, 2.75) is 44.2 Å². The van der Waals surface area contributed by atoms with Crippen molar-refractivity contribution in [3.63, 3.8) is 0 Å². The number of unbranched alkanes of at least 4 members (excludes halogenated alkanes) is 1. The first kappa shape index (κ1) is 24.7. The van der Waals surface area contributed by atoms with E-state index < -0.39 is 30.1 Å². The molecule has 1 aliphatic heterocycles. The molecule has 186 valence electrons. The number of likely N-dealkylation sites (tertiary alicyclic amines) is 1. The predicted molar refractivity (Wildman–Crippen MR) is 130 cm³/mol. The van der Waals surface area contributed by atoms with Crippen molar-refractivity contribution in [1.82, 2.24) is 10.2 Å². The molecule has 8 heteroatoms. The number of carboxylic acids is 1. The summed E-state index contributed by atoms with van der Waals surface area (Å²) in [5.41, 5.74) is 4.51. The molecule has 1 saturated heterocycles. The number of fused-ring (bicyclic) bond motifs is 3. The largest absolute Gasteiger partial charge is 0.481 e. The summed E-state index contributed by atoms with van der Waals surface area (Å²) in [7, 11) is 1.44. The summed E-state index contributed by atoms with van der Waals surface area (Å²) in [6.45, 7) is 2.40. The number of nitrogens with one attached hydrogen (secondary N) is 1. The number of aliphatic carboxylic acids is 1. The minimum atomic E-state index is -0.998. The van der Waals surface area contributed by atoms with Crippen molar-refractivity contribution >= 4 is 18.0 Å². The van der Waals surface area contributed by atoms with Gasteiger partial charge in [-0.05, 0) is 28.7 Å². The van der Waals surface area contributed by atoms with Gasteiger partial charge in [0.1, 0.15) is 18.6 Å². The van der Waals surface area contributed by atoms with Gasteiger partial charge in [-0.25, -0.2) is 4.79 Å². The monoisotopic (exact) mass is 480 g/mol. The van der Waals surface area contributed by atoms with Crippen molar-refractivity contribution < 1.29 is 29.0 Å². The number of hydrogen-bond donors (Lipinski definition) is 2. The number of alkyl carbamates (subject to hydrolysis) is 1. The second-order valence-electron chi connectivity index (χ2n) is 9.13. The van der Waals surface area contributed by atoms with Crippen LogP contribution in [0.15, 0.2) is 48.5 Å². The summed E-state index contributed by atoms with van der Waals surface area (Å²) in [4.78, 5) is 39.0. The van der Waals surface area contributed by atoms with E-state index in [0.717, 1.165) is 35.1 Å². The van der Waals surface area contributed by atoms with Crippen molar-refractivity contribution in [2.75, 3.05) is 26.8 Å². The van der Waals surface area contributed by atoms with E-state index in [1.165, 1.54) is 12.0 Å². The Labute approximate surface area is 205 Å². The second-order valence-corrected chi connectivity index (χ2v) is 9.13. The van der Waals surface area contributed by atoms with Gasteiger partial charge in [-0.3, -0.25) is 9.59 Å². The molecule has 1 aliphatic carbocycles. The molecule has 0 bridgehead atoms. The molecule has 2 aliphatic rings. The molecule has 0 spiro atoms. The Morgan fingerprint density at radius 3 is 2.23 bits per heavy atom. The van der Waals surface area contributed by atoms with Gasteiger partial charge in [0.15, 0.2) is 0 Å². The van der Waals surface area contributed by atoms with E-state index >= 15 is 0 Å². The van der Waals surface area contributed by atoms with E-state index in [1.54, 1.807) is 0 Å². The van der Waals surface area contributed by atoms with Crippen LogP contribution in [0, 0.1) is 5.92 Å². The number of ether oxygens (including phenoxy) is 2. The molecule has 4 rings (SSSR count). The lowest BCUT2D eigenvalue weighted by Gasteiger charge is -2.24. The van der Waals surface area contributed by atoms with E-state index in [9.17, 15) is 19.5 Å². The fourth-order valence-corrected chi connectivity index (χ4v) is 5.10. The number of hydrogen-bond acceptors (Lipinski definition) is 5. The number of amides is 2. The fraction of sp³-hybridized carbons (Fsp3) is 0.444. The number of carbonyl (C=O) groups is 3. The normalized spacial score (nSPS) is 19.7. The maximum atomic E-state index is 13.2. The van der Waals surface area contributed by atoms with Gasteiger partial charge in [-0.2, -0.15) is 0 Å². The lowest BCUT2D eigenvalue weighted by molar-refractivity contribution is -0.144. The highest BCUT2D eigenvalue weighted by Crippen LogP contribution is 2.44. The third-order valence-corrected chi connectivity index (χ3v) is 6.98. The van der Waals surface area contributed by atoms with Gasteiger partial charge in [-0.1, -0.05) is 68.3 Å². The number of rotatable bonds is 9. The molecule has 0 aromatic heterocycles. The van der Waals surface area contributed by atoms with Crippen LogP contribution in [0.5, 0.6) is 0 Å². The number of nitrogens with zero attached hydrogens (tertiary/aromatic N) is 1. The Kier molecular flexibility index (Phi) is 7.70. The van der Waals surface area contributed by atoms with Crippen LogP contribution in [0.2, 0.25) is 0 Å². The lowest BCUT2D eigenvalue weighted by atomic mass is 9.98. The Morgan fingerprint density at radius 1 is 1.06 bits per heavy atom. The van der Waals surface area contributed by atoms with Crippen molar-refractivity contribution in [3.8, 4) is 11.1 Å². The fourth-order valence-electron chi connectivity index (χ4n) is 5.10. The number of carboxylic acid groups (broad SMARTS) is 1. The van der Waals surface area contributed by atoms with E-state index in [-0.39, 0.29) is 31.5 Å². The molecule has 2 amide bonds. The highest BCUT2D eigenvalue weighted by molar-refractivity contribution is 5.87. The summed E-state index contributed by atoms with van der Waals surface area (Å²) in [6.07, 6.45) is 0.820.